The minimum absolute atomic E-state index is 0.167. The molecule has 6 nitrogen and oxygen atoms in total. The molecule has 0 saturated heterocycles. The molecular weight excluding hydrogens is 476 g/mol. The highest BCUT2D eigenvalue weighted by molar-refractivity contribution is 5.94. The number of hydrogen-bond donors (Lipinski definition) is 0. The highest BCUT2D eigenvalue weighted by Crippen LogP contribution is 2.18. The maximum Gasteiger partial charge on any atom is 0.265 e. The first-order chi connectivity index (χ1) is 18.7. The number of nitrogens with zero attached hydrogens (tertiary/aromatic N) is 2. The van der Waals surface area contributed by atoms with E-state index >= 15 is 0 Å². The first-order valence-corrected chi connectivity index (χ1v) is 12.4. The van der Waals surface area contributed by atoms with Gasteiger partial charge in [-0.15, -0.1) is 0 Å². The van der Waals surface area contributed by atoms with Crippen molar-refractivity contribution in [3.05, 3.63) is 145 Å². The van der Waals surface area contributed by atoms with Gasteiger partial charge in [0, 0.05) is 11.4 Å². The van der Waals surface area contributed by atoms with Gasteiger partial charge in [-0.05, 0) is 35.4 Å². The number of ether oxygens (including phenoxy) is 2. The van der Waals surface area contributed by atoms with Crippen molar-refractivity contribution in [2.24, 2.45) is 0 Å². The van der Waals surface area contributed by atoms with Crippen LogP contribution in [0.15, 0.2) is 134 Å². The molecule has 0 spiro atoms. The highest BCUT2D eigenvalue weighted by Gasteiger charge is 2.17. The van der Waals surface area contributed by atoms with Crippen molar-refractivity contribution in [2.75, 3.05) is 23.0 Å². The number of carbonyl (C=O) groups is 2. The summed E-state index contributed by atoms with van der Waals surface area (Å²) in [6, 6.07) is 38.5. The third kappa shape index (κ3) is 7.83. The summed E-state index contributed by atoms with van der Waals surface area (Å²) in [5, 5.41) is 0. The Hall–Kier alpha value is -4.84. The number of amides is 2. The fourth-order valence-corrected chi connectivity index (χ4v) is 3.87. The van der Waals surface area contributed by atoms with E-state index in [4.69, 9.17) is 9.47 Å². The van der Waals surface area contributed by atoms with Gasteiger partial charge in [0.15, 0.2) is 13.2 Å². The molecule has 0 fully saturated rings. The van der Waals surface area contributed by atoms with Gasteiger partial charge >= 0.3 is 0 Å². The molecule has 4 rings (SSSR count). The van der Waals surface area contributed by atoms with Crippen LogP contribution in [0.3, 0.4) is 0 Å². The standard InChI is InChI=1S/C32H30N2O4/c35-31(33(29-17-9-3-10-18-29)23-27-13-5-1-6-14-27)25-37-21-22-38-26-32(36)34(30-19-11-4-12-20-30)24-28-15-7-2-8-16-28/h1-22H,23-26H2/b22-21+. The van der Waals surface area contributed by atoms with Gasteiger partial charge in [0.05, 0.1) is 13.1 Å². The summed E-state index contributed by atoms with van der Waals surface area (Å²) < 4.78 is 10.9. The molecule has 0 aliphatic rings. The van der Waals surface area contributed by atoms with Crippen LogP contribution in [0, 0.1) is 0 Å². The number of rotatable bonds is 12. The third-order valence-corrected chi connectivity index (χ3v) is 5.77. The van der Waals surface area contributed by atoms with E-state index in [1.807, 2.05) is 121 Å². The van der Waals surface area contributed by atoms with Crippen LogP contribution in [0.25, 0.3) is 0 Å². The SMILES string of the molecule is O=C(CO/C=C/OCC(=O)N(Cc1ccccc1)c1ccccc1)N(Cc1ccccc1)c1ccccc1. The van der Waals surface area contributed by atoms with Crippen LogP contribution in [0.1, 0.15) is 11.1 Å². The van der Waals surface area contributed by atoms with Crippen LogP contribution in [-0.4, -0.2) is 25.0 Å². The molecule has 0 bridgehead atoms. The Kier molecular flexibility index (Phi) is 9.69. The largest absolute Gasteiger partial charge is 0.488 e. The summed E-state index contributed by atoms with van der Waals surface area (Å²) in [5.74, 6) is -0.391. The fraction of sp³-hybridized carbons (Fsp3) is 0.125. The Morgan fingerprint density at radius 3 is 1.16 bits per heavy atom. The smallest absolute Gasteiger partial charge is 0.265 e. The van der Waals surface area contributed by atoms with Crippen molar-refractivity contribution in [3.8, 4) is 0 Å². The second kappa shape index (κ2) is 14.0. The van der Waals surface area contributed by atoms with Gasteiger partial charge < -0.3 is 19.3 Å². The van der Waals surface area contributed by atoms with Crippen molar-refractivity contribution >= 4 is 23.2 Å². The minimum Gasteiger partial charge on any atom is -0.488 e. The molecule has 0 heterocycles. The molecule has 6 heteroatoms. The Morgan fingerprint density at radius 1 is 0.500 bits per heavy atom. The number of anilines is 2. The van der Waals surface area contributed by atoms with Crippen molar-refractivity contribution in [2.45, 2.75) is 13.1 Å². The van der Waals surface area contributed by atoms with Gasteiger partial charge in [-0.1, -0.05) is 97.1 Å². The van der Waals surface area contributed by atoms with Crippen molar-refractivity contribution in [1.29, 1.82) is 0 Å². The molecular formula is C32H30N2O4. The van der Waals surface area contributed by atoms with E-state index in [9.17, 15) is 9.59 Å². The van der Waals surface area contributed by atoms with Crippen LogP contribution in [-0.2, 0) is 32.2 Å². The topological polar surface area (TPSA) is 59.1 Å². The van der Waals surface area contributed by atoms with E-state index in [1.165, 1.54) is 12.5 Å². The van der Waals surface area contributed by atoms with Gasteiger partial charge in [0.25, 0.3) is 11.8 Å². The van der Waals surface area contributed by atoms with Crippen LogP contribution < -0.4 is 9.80 Å². The summed E-state index contributed by atoms with van der Waals surface area (Å²) >= 11 is 0. The lowest BCUT2D eigenvalue weighted by molar-refractivity contribution is -0.122. The average Bonchev–Trinajstić information content (AvgIpc) is 2.98. The quantitative estimate of drug-likeness (QED) is 0.223. The zero-order chi connectivity index (χ0) is 26.4. The maximum atomic E-state index is 13.0. The van der Waals surface area contributed by atoms with Crippen LogP contribution in [0.4, 0.5) is 11.4 Å². The van der Waals surface area contributed by atoms with Gasteiger partial charge in [-0.2, -0.15) is 0 Å². The highest BCUT2D eigenvalue weighted by atomic mass is 16.5. The molecule has 4 aromatic carbocycles. The number of benzene rings is 4. The maximum absolute atomic E-state index is 13.0. The summed E-state index contributed by atoms with van der Waals surface area (Å²) in [6.45, 7) is 0.524. The fourth-order valence-electron chi connectivity index (χ4n) is 3.87. The molecule has 0 aliphatic carbocycles. The van der Waals surface area contributed by atoms with Crippen molar-refractivity contribution in [3.63, 3.8) is 0 Å². The summed E-state index contributed by atoms with van der Waals surface area (Å²) in [6.07, 6.45) is 2.59. The van der Waals surface area contributed by atoms with Gasteiger partial charge in [0.2, 0.25) is 0 Å². The normalized spacial score (nSPS) is 10.6. The van der Waals surface area contributed by atoms with E-state index < -0.39 is 0 Å². The molecule has 38 heavy (non-hydrogen) atoms. The lowest BCUT2D eigenvalue weighted by Gasteiger charge is -2.23. The van der Waals surface area contributed by atoms with E-state index in [2.05, 4.69) is 0 Å². The monoisotopic (exact) mass is 506 g/mol. The van der Waals surface area contributed by atoms with Crippen molar-refractivity contribution in [1.82, 2.24) is 0 Å². The third-order valence-electron chi connectivity index (χ3n) is 5.77. The molecule has 0 aromatic heterocycles. The lowest BCUT2D eigenvalue weighted by atomic mass is 10.2. The van der Waals surface area contributed by atoms with Gasteiger partial charge in [0.1, 0.15) is 12.5 Å². The van der Waals surface area contributed by atoms with Crippen LogP contribution in [0.5, 0.6) is 0 Å². The molecule has 0 aliphatic heterocycles. The van der Waals surface area contributed by atoms with Crippen LogP contribution >= 0.6 is 0 Å². The van der Waals surface area contributed by atoms with E-state index in [1.54, 1.807) is 9.80 Å². The molecule has 192 valence electrons. The van der Waals surface area contributed by atoms with E-state index in [-0.39, 0.29) is 25.0 Å². The van der Waals surface area contributed by atoms with E-state index in [0.29, 0.717) is 13.1 Å². The number of para-hydroxylation sites is 2. The second-order valence-corrected chi connectivity index (χ2v) is 8.50. The molecule has 0 N–H and O–H groups in total. The summed E-state index contributed by atoms with van der Waals surface area (Å²) in [7, 11) is 0. The second-order valence-electron chi connectivity index (χ2n) is 8.50. The minimum atomic E-state index is -0.195. The Balaban J connectivity index is 1.30. The predicted octanol–water partition coefficient (Wildman–Crippen LogP) is 5.96. The molecule has 0 radical (unpaired) electrons. The number of carbonyl (C=O) groups excluding carboxylic acids is 2. The zero-order valence-electron chi connectivity index (χ0n) is 21.1. The lowest BCUT2D eigenvalue weighted by Crippen LogP contribution is -2.33. The summed E-state index contributed by atoms with van der Waals surface area (Å²) in [5.41, 5.74) is 3.60. The summed E-state index contributed by atoms with van der Waals surface area (Å²) in [4.78, 5) is 29.3. The first kappa shape index (κ1) is 26.2. The average molecular weight is 507 g/mol. The Morgan fingerprint density at radius 2 is 0.816 bits per heavy atom. The molecule has 2 amide bonds. The Labute approximate surface area is 223 Å². The van der Waals surface area contributed by atoms with Gasteiger partial charge in [-0.25, -0.2) is 0 Å². The molecule has 0 unspecified atom stereocenters. The van der Waals surface area contributed by atoms with Gasteiger partial charge in [-0.3, -0.25) is 9.59 Å². The van der Waals surface area contributed by atoms with Crippen LogP contribution in [0.2, 0.25) is 0 Å². The zero-order valence-corrected chi connectivity index (χ0v) is 21.1. The first-order valence-electron chi connectivity index (χ1n) is 12.4. The van der Waals surface area contributed by atoms with E-state index in [0.717, 1.165) is 22.5 Å². The van der Waals surface area contributed by atoms with Crippen molar-refractivity contribution < 1.29 is 19.1 Å². The predicted molar refractivity (Wildman–Crippen MR) is 149 cm³/mol. The number of hydrogen-bond acceptors (Lipinski definition) is 4. The molecule has 4 aromatic rings. The Bertz CT molecular complexity index is 1190. The molecule has 0 saturated carbocycles. The molecule has 0 atom stereocenters.